The predicted octanol–water partition coefficient (Wildman–Crippen LogP) is 5.05. The van der Waals surface area contributed by atoms with Crippen molar-refractivity contribution < 1.29 is 9.53 Å². The van der Waals surface area contributed by atoms with Crippen molar-refractivity contribution >= 4 is 40.7 Å². The lowest BCUT2D eigenvalue weighted by atomic mass is 9.74. The summed E-state index contributed by atoms with van der Waals surface area (Å²) >= 11 is 18.7. The molecule has 1 saturated heterocycles. The number of rotatable bonds is 5. The zero-order valence-electron chi connectivity index (χ0n) is 14.2. The van der Waals surface area contributed by atoms with E-state index in [0.29, 0.717) is 34.8 Å². The van der Waals surface area contributed by atoms with Crippen LogP contribution >= 0.6 is 34.8 Å². The Hall–Kier alpha value is -1.26. The molecule has 0 radical (unpaired) electrons. The van der Waals surface area contributed by atoms with Gasteiger partial charge in [-0.05, 0) is 42.2 Å². The van der Waals surface area contributed by atoms with Crippen molar-refractivity contribution in [1.29, 1.82) is 0 Å². The van der Waals surface area contributed by atoms with Gasteiger partial charge in [0, 0.05) is 40.2 Å². The molecule has 1 amide bonds. The first kappa shape index (κ1) is 19.5. The van der Waals surface area contributed by atoms with Crippen LogP contribution in [0, 0.1) is 0 Å². The molecule has 3 nitrogen and oxygen atoms in total. The third-order valence-electron chi connectivity index (χ3n) is 4.89. The lowest BCUT2D eigenvalue weighted by Crippen LogP contribution is -2.45. The number of halogens is 3. The van der Waals surface area contributed by atoms with Crippen LogP contribution in [0.25, 0.3) is 0 Å². The van der Waals surface area contributed by atoms with Crippen molar-refractivity contribution in [3.63, 3.8) is 0 Å². The standard InChI is InChI=1S/C20H20Cl3NO2/c21-15-5-6-16(18(23)12-15)20(7-9-26-10-8-20)13-24-19(25)11-14-3-1-2-4-17(14)22/h1-6,12H,7-11,13H2,(H,24,25). The SMILES string of the molecule is O=C(Cc1ccccc1Cl)NCC1(c2ccc(Cl)cc2Cl)CCOCC1. The molecular weight excluding hydrogens is 393 g/mol. The molecule has 6 heteroatoms. The van der Waals surface area contributed by atoms with E-state index in [9.17, 15) is 4.79 Å². The van der Waals surface area contributed by atoms with E-state index < -0.39 is 0 Å². The fraction of sp³-hybridized carbons (Fsp3) is 0.350. The highest BCUT2D eigenvalue weighted by molar-refractivity contribution is 6.35. The van der Waals surface area contributed by atoms with E-state index in [2.05, 4.69) is 5.32 Å². The third kappa shape index (κ3) is 4.52. The van der Waals surface area contributed by atoms with Gasteiger partial charge in [-0.2, -0.15) is 0 Å². The smallest absolute Gasteiger partial charge is 0.224 e. The van der Waals surface area contributed by atoms with Gasteiger partial charge in [0.2, 0.25) is 5.91 Å². The van der Waals surface area contributed by atoms with Crippen molar-refractivity contribution in [2.75, 3.05) is 19.8 Å². The molecule has 1 fully saturated rings. The van der Waals surface area contributed by atoms with Gasteiger partial charge in [0.15, 0.2) is 0 Å². The van der Waals surface area contributed by atoms with E-state index in [1.54, 1.807) is 12.1 Å². The minimum absolute atomic E-state index is 0.0611. The molecule has 26 heavy (non-hydrogen) atoms. The summed E-state index contributed by atoms with van der Waals surface area (Å²) in [4.78, 5) is 12.5. The molecule has 2 aromatic rings. The van der Waals surface area contributed by atoms with Crippen LogP contribution in [0.2, 0.25) is 15.1 Å². The summed E-state index contributed by atoms with van der Waals surface area (Å²) in [7, 11) is 0. The molecule has 0 unspecified atom stereocenters. The van der Waals surface area contributed by atoms with Crippen molar-refractivity contribution in [3.05, 3.63) is 68.7 Å². The number of hydrogen-bond donors (Lipinski definition) is 1. The quantitative estimate of drug-likeness (QED) is 0.746. The maximum Gasteiger partial charge on any atom is 0.224 e. The highest BCUT2D eigenvalue weighted by Gasteiger charge is 2.36. The van der Waals surface area contributed by atoms with Crippen molar-refractivity contribution in [2.45, 2.75) is 24.7 Å². The monoisotopic (exact) mass is 411 g/mol. The molecule has 1 aliphatic rings. The molecule has 0 aromatic heterocycles. The average Bonchev–Trinajstić information content (AvgIpc) is 2.63. The predicted molar refractivity (Wildman–Crippen MR) is 106 cm³/mol. The third-order valence-corrected chi connectivity index (χ3v) is 5.80. The molecule has 0 spiro atoms. The summed E-state index contributed by atoms with van der Waals surface area (Å²) in [6.07, 6.45) is 1.84. The van der Waals surface area contributed by atoms with Crippen LogP contribution in [0.1, 0.15) is 24.0 Å². The maximum absolute atomic E-state index is 12.5. The van der Waals surface area contributed by atoms with E-state index in [1.165, 1.54) is 0 Å². The fourth-order valence-corrected chi connectivity index (χ4v) is 4.18. The molecule has 1 aliphatic heterocycles. The first-order valence-electron chi connectivity index (χ1n) is 8.54. The first-order valence-corrected chi connectivity index (χ1v) is 9.67. The van der Waals surface area contributed by atoms with E-state index >= 15 is 0 Å². The molecular formula is C20H20Cl3NO2. The molecule has 0 saturated carbocycles. The Bertz CT molecular complexity index is 788. The lowest BCUT2D eigenvalue weighted by Gasteiger charge is -2.38. The van der Waals surface area contributed by atoms with Crippen LogP contribution in [0.5, 0.6) is 0 Å². The van der Waals surface area contributed by atoms with Gasteiger partial charge in [-0.15, -0.1) is 0 Å². The highest BCUT2D eigenvalue weighted by atomic mass is 35.5. The summed E-state index contributed by atoms with van der Waals surface area (Å²) in [5, 5.41) is 4.89. The molecule has 138 valence electrons. The van der Waals surface area contributed by atoms with Gasteiger partial charge in [0.25, 0.3) is 0 Å². The molecule has 1 N–H and O–H groups in total. The van der Waals surface area contributed by atoms with Crippen molar-refractivity contribution in [3.8, 4) is 0 Å². The molecule has 1 heterocycles. The van der Waals surface area contributed by atoms with Crippen LogP contribution in [-0.2, 0) is 21.4 Å². The van der Waals surface area contributed by atoms with Crippen molar-refractivity contribution in [2.24, 2.45) is 0 Å². The largest absolute Gasteiger partial charge is 0.381 e. The fourth-order valence-electron chi connectivity index (χ4n) is 3.37. The summed E-state index contributed by atoms with van der Waals surface area (Å²) in [6, 6.07) is 12.9. The molecule has 3 rings (SSSR count). The van der Waals surface area contributed by atoms with Crippen LogP contribution in [-0.4, -0.2) is 25.7 Å². The topological polar surface area (TPSA) is 38.3 Å². The second-order valence-electron chi connectivity index (χ2n) is 6.56. The van der Waals surface area contributed by atoms with Gasteiger partial charge in [-0.25, -0.2) is 0 Å². The number of nitrogens with one attached hydrogen (secondary N) is 1. The first-order chi connectivity index (χ1) is 12.5. The minimum Gasteiger partial charge on any atom is -0.381 e. The van der Waals surface area contributed by atoms with Gasteiger partial charge in [-0.1, -0.05) is 59.1 Å². The normalized spacial score (nSPS) is 16.3. The number of carbonyl (C=O) groups is 1. The Morgan fingerprint density at radius 3 is 2.46 bits per heavy atom. The van der Waals surface area contributed by atoms with Crippen LogP contribution in [0.4, 0.5) is 0 Å². The lowest BCUT2D eigenvalue weighted by molar-refractivity contribution is -0.120. The van der Waals surface area contributed by atoms with Crippen LogP contribution in [0.15, 0.2) is 42.5 Å². The summed E-state index contributed by atoms with van der Waals surface area (Å²) in [5.74, 6) is -0.0611. The Kier molecular flexibility index (Phi) is 6.46. The number of benzene rings is 2. The zero-order valence-corrected chi connectivity index (χ0v) is 16.5. The highest BCUT2D eigenvalue weighted by Crippen LogP contribution is 2.39. The van der Waals surface area contributed by atoms with Gasteiger partial charge in [0.05, 0.1) is 6.42 Å². The molecule has 0 bridgehead atoms. The molecule has 2 aromatic carbocycles. The number of hydrogen-bond acceptors (Lipinski definition) is 2. The Balaban J connectivity index is 1.75. The Morgan fingerprint density at radius 1 is 1.04 bits per heavy atom. The second-order valence-corrected chi connectivity index (χ2v) is 7.81. The van der Waals surface area contributed by atoms with Crippen molar-refractivity contribution in [1.82, 2.24) is 5.32 Å². The van der Waals surface area contributed by atoms with Crippen LogP contribution in [0.3, 0.4) is 0 Å². The Labute approximate surface area is 168 Å². The second kappa shape index (κ2) is 8.62. The Morgan fingerprint density at radius 2 is 1.77 bits per heavy atom. The van der Waals surface area contributed by atoms with Gasteiger partial charge in [0.1, 0.15) is 0 Å². The molecule has 0 atom stereocenters. The molecule has 0 aliphatic carbocycles. The number of carbonyl (C=O) groups excluding carboxylic acids is 1. The van der Waals surface area contributed by atoms with Gasteiger partial charge in [-0.3, -0.25) is 4.79 Å². The summed E-state index contributed by atoms with van der Waals surface area (Å²) < 4.78 is 5.53. The minimum atomic E-state index is -0.254. The average molecular weight is 413 g/mol. The zero-order chi connectivity index (χ0) is 18.6. The van der Waals surface area contributed by atoms with E-state index in [-0.39, 0.29) is 17.7 Å². The van der Waals surface area contributed by atoms with Gasteiger partial charge >= 0.3 is 0 Å². The summed E-state index contributed by atoms with van der Waals surface area (Å²) in [5.41, 5.74) is 1.57. The van der Waals surface area contributed by atoms with E-state index in [1.807, 2.05) is 30.3 Å². The summed E-state index contributed by atoms with van der Waals surface area (Å²) in [6.45, 7) is 1.78. The maximum atomic E-state index is 12.5. The number of amides is 1. The number of ether oxygens (including phenoxy) is 1. The van der Waals surface area contributed by atoms with Crippen LogP contribution < -0.4 is 5.32 Å². The van der Waals surface area contributed by atoms with E-state index in [0.717, 1.165) is 24.0 Å². The van der Waals surface area contributed by atoms with Gasteiger partial charge < -0.3 is 10.1 Å². The van der Waals surface area contributed by atoms with E-state index in [4.69, 9.17) is 39.5 Å².